The minimum atomic E-state index is 0.153. The van der Waals surface area contributed by atoms with Gasteiger partial charge in [0, 0.05) is 18.6 Å². The molecule has 0 unspecified atom stereocenters. The quantitative estimate of drug-likeness (QED) is 0.705. The van der Waals surface area contributed by atoms with Gasteiger partial charge in [-0.25, -0.2) is 4.98 Å². The van der Waals surface area contributed by atoms with E-state index in [0.29, 0.717) is 17.0 Å². The summed E-state index contributed by atoms with van der Waals surface area (Å²) < 4.78 is 1.97. The van der Waals surface area contributed by atoms with Crippen LogP contribution in [0.1, 0.15) is 25.3 Å². The van der Waals surface area contributed by atoms with Gasteiger partial charge in [0.1, 0.15) is 5.52 Å². The normalized spacial score (nSPS) is 23.8. The van der Waals surface area contributed by atoms with Crippen molar-refractivity contribution in [3.63, 3.8) is 0 Å². The third kappa shape index (κ3) is 1.59. The smallest absolute Gasteiger partial charge is 0.224 e. The van der Waals surface area contributed by atoms with Gasteiger partial charge in [-0.3, -0.25) is 0 Å². The Balaban J connectivity index is 2.12. The largest absolute Gasteiger partial charge is 0.396 e. The highest BCUT2D eigenvalue weighted by atomic mass is 16.3. The molecule has 0 aliphatic heterocycles. The standard InChI is InChI=1S/C11H16N6O/c12-9-8-10(16-11(13)15-9)17(5-14-8)7-3-1-2-6(7)4-18/h5-7,18H,1-4H2,(H4,12,13,15,16)/t6-,7+/m0/s1. The van der Waals surface area contributed by atoms with Gasteiger partial charge < -0.3 is 21.1 Å². The van der Waals surface area contributed by atoms with Gasteiger partial charge >= 0.3 is 0 Å². The Morgan fingerprint density at radius 1 is 1.33 bits per heavy atom. The van der Waals surface area contributed by atoms with E-state index in [1.54, 1.807) is 6.33 Å². The van der Waals surface area contributed by atoms with Crippen LogP contribution >= 0.6 is 0 Å². The maximum absolute atomic E-state index is 9.40. The molecule has 0 amide bonds. The molecule has 1 saturated carbocycles. The number of nitrogens with zero attached hydrogens (tertiary/aromatic N) is 4. The maximum atomic E-state index is 9.40. The summed E-state index contributed by atoms with van der Waals surface area (Å²) in [7, 11) is 0. The van der Waals surface area contributed by atoms with E-state index in [1.807, 2.05) is 4.57 Å². The van der Waals surface area contributed by atoms with Crippen molar-refractivity contribution < 1.29 is 5.11 Å². The first-order valence-electron chi connectivity index (χ1n) is 6.07. The SMILES string of the molecule is Nc1nc(N)c2ncn([C@@H]3CCC[C@H]3CO)c2n1. The first kappa shape index (κ1) is 11.2. The number of hydrogen-bond donors (Lipinski definition) is 3. The molecule has 0 spiro atoms. The zero-order chi connectivity index (χ0) is 12.7. The number of aliphatic hydroxyl groups excluding tert-OH is 1. The summed E-state index contributed by atoms with van der Waals surface area (Å²) in [5.74, 6) is 0.704. The lowest BCUT2D eigenvalue weighted by Crippen LogP contribution is -2.17. The van der Waals surface area contributed by atoms with Crippen molar-refractivity contribution in [2.24, 2.45) is 5.92 Å². The molecule has 7 nitrogen and oxygen atoms in total. The molecule has 2 atom stereocenters. The van der Waals surface area contributed by atoms with Crippen LogP contribution in [0.2, 0.25) is 0 Å². The van der Waals surface area contributed by atoms with Gasteiger partial charge in [-0.1, -0.05) is 6.42 Å². The van der Waals surface area contributed by atoms with E-state index < -0.39 is 0 Å². The zero-order valence-electron chi connectivity index (χ0n) is 9.95. The summed E-state index contributed by atoms with van der Waals surface area (Å²) >= 11 is 0. The summed E-state index contributed by atoms with van der Waals surface area (Å²) in [6.07, 6.45) is 4.86. The van der Waals surface area contributed by atoms with E-state index in [9.17, 15) is 5.11 Å². The van der Waals surface area contributed by atoms with E-state index in [-0.39, 0.29) is 24.5 Å². The number of nitrogens with two attached hydrogens (primary N) is 2. The Bertz CT molecular complexity index is 580. The first-order valence-corrected chi connectivity index (χ1v) is 6.07. The molecule has 0 aromatic carbocycles. The Kier molecular flexibility index (Phi) is 2.55. The minimum Gasteiger partial charge on any atom is -0.396 e. The molecule has 96 valence electrons. The molecular weight excluding hydrogens is 232 g/mol. The predicted molar refractivity (Wildman–Crippen MR) is 67.6 cm³/mol. The van der Waals surface area contributed by atoms with Gasteiger partial charge in [-0.2, -0.15) is 9.97 Å². The average molecular weight is 248 g/mol. The van der Waals surface area contributed by atoms with Gasteiger partial charge in [0.05, 0.1) is 6.33 Å². The number of aromatic nitrogens is 4. The van der Waals surface area contributed by atoms with E-state index in [1.165, 1.54) is 0 Å². The molecular formula is C11H16N6O. The lowest BCUT2D eigenvalue weighted by Gasteiger charge is -2.19. The van der Waals surface area contributed by atoms with Crippen molar-refractivity contribution in [1.82, 2.24) is 19.5 Å². The molecule has 1 aliphatic rings. The number of anilines is 2. The van der Waals surface area contributed by atoms with Gasteiger partial charge in [-0.05, 0) is 12.8 Å². The molecule has 2 aromatic heterocycles. The van der Waals surface area contributed by atoms with Gasteiger partial charge in [0.2, 0.25) is 5.95 Å². The second-order valence-electron chi connectivity index (χ2n) is 4.73. The molecule has 1 fully saturated rings. The number of rotatable bonds is 2. The maximum Gasteiger partial charge on any atom is 0.224 e. The summed E-state index contributed by atoms with van der Waals surface area (Å²) in [6, 6.07) is 0.216. The number of aliphatic hydroxyl groups is 1. The second-order valence-corrected chi connectivity index (χ2v) is 4.73. The Hall–Kier alpha value is -1.89. The number of hydrogen-bond acceptors (Lipinski definition) is 6. The number of imidazole rings is 1. The van der Waals surface area contributed by atoms with Crippen LogP contribution in [0, 0.1) is 5.92 Å². The monoisotopic (exact) mass is 248 g/mol. The lowest BCUT2D eigenvalue weighted by atomic mass is 10.1. The van der Waals surface area contributed by atoms with Crippen LogP contribution < -0.4 is 11.5 Å². The Morgan fingerprint density at radius 2 is 2.17 bits per heavy atom. The van der Waals surface area contributed by atoms with Crippen molar-refractivity contribution in [3.8, 4) is 0 Å². The van der Waals surface area contributed by atoms with E-state index >= 15 is 0 Å². The number of nitrogen functional groups attached to an aromatic ring is 2. The van der Waals surface area contributed by atoms with E-state index in [0.717, 1.165) is 19.3 Å². The van der Waals surface area contributed by atoms with Crippen molar-refractivity contribution in [2.75, 3.05) is 18.1 Å². The van der Waals surface area contributed by atoms with Gasteiger partial charge in [0.25, 0.3) is 0 Å². The van der Waals surface area contributed by atoms with Crippen molar-refractivity contribution in [1.29, 1.82) is 0 Å². The summed E-state index contributed by atoms with van der Waals surface area (Å²) in [5, 5.41) is 9.40. The fourth-order valence-corrected chi connectivity index (χ4v) is 2.80. The van der Waals surface area contributed by atoms with E-state index in [2.05, 4.69) is 15.0 Å². The third-order valence-electron chi connectivity index (χ3n) is 3.68. The van der Waals surface area contributed by atoms with Gasteiger partial charge in [-0.15, -0.1) is 0 Å². The highest BCUT2D eigenvalue weighted by molar-refractivity contribution is 5.82. The molecule has 2 heterocycles. The zero-order valence-corrected chi connectivity index (χ0v) is 9.95. The summed E-state index contributed by atoms with van der Waals surface area (Å²) in [6.45, 7) is 0.181. The molecule has 5 N–H and O–H groups in total. The van der Waals surface area contributed by atoms with Crippen molar-refractivity contribution in [3.05, 3.63) is 6.33 Å². The van der Waals surface area contributed by atoms with Crippen LogP contribution in [-0.2, 0) is 0 Å². The van der Waals surface area contributed by atoms with E-state index in [4.69, 9.17) is 11.5 Å². The highest BCUT2D eigenvalue weighted by Gasteiger charge is 2.29. The third-order valence-corrected chi connectivity index (χ3v) is 3.68. The van der Waals surface area contributed by atoms with Crippen LogP contribution in [0.3, 0.4) is 0 Å². The topological polar surface area (TPSA) is 116 Å². The molecule has 18 heavy (non-hydrogen) atoms. The molecule has 0 radical (unpaired) electrons. The van der Waals surface area contributed by atoms with Crippen LogP contribution in [0.4, 0.5) is 11.8 Å². The first-order chi connectivity index (χ1) is 8.70. The van der Waals surface area contributed by atoms with Crippen LogP contribution in [0.5, 0.6) is 0 Å². The van der Waals surface area contributed by atoms with Crippen LogP contribution in [0.25, 0.3) is 11.2 Å². The van der Waals surface area contributed by atoms with Crippen LogP contribution in [-0.4, -0.2) is 31.2 Å². The number of fused-ring (bicyclic) bond motifs is 1. The minimum absolute atomic E-state index is 0.153. The fraction of sp³-hybridized carbons (Fsp3) is 0.545. The molecule has 0 saturated heterocycles. The molecule has 0 bridgehead atoms. The average Bonchev–Trinajstić information content (AvgIpc) is 2.93. The predicted octanol–water partition coefficient (Wildman–Crippen LogP) is 0.324. The highest BCUT2D eigenvalue weighted by Crippen LogP contribution is 2.37. The summed E-state index contributed by atoms with van der Waals surface area (Å²) in [4.78, 5) is 12.4. The fourth-order valence-electron chi connectivity index (χ4n) is 2.80. The molecule has 3 rings (SSSR count). The summed E-state index contributed by atoms with van der Waals surface area (Å²) in [5.41, 5.74) is 12.6. The Labute approximate surface area is 104 Å². The van der Waals surface area contributed by atoms with Crippen molar-refractivity contribution >= 4 is 22.9 Å². The second kappa shape index (κ2) is 4.09. The molecule has 1 aliphatic carbocycles. The molecule has 7 heteroatoms. The lowest BCUT2D eigenvalue weighted by molar-refractivity contribution is 0.197. The van der Waals surface area contributed by atoms with Gasteiger partial charge in [0.15, 0.2) is 11.5 Å². The van der Waals surface area contributed by atoms with Crippen LogP contribution in [0.15, 0.2) is 6.33 Å². The van der Waals surface area contributed by atoms with Crippen molar-refractivity contribution in [2.45, 2.75) is 25.3 Å². The Morgan fingerprint density at radius 3 is 2.94 bits per heavy atom. The molecule has 2 aromatic rings.